The highest BCUT2D eigenvalue weighted by atomic mass is 16.2. The number of rotatable bonds is 5. The van der Waals surface area contributed by atoms with E-state index in [2.05, 4.69) is 31.4 Å². The number of fused-ring (bicyclic) bond motifs is 1. The SMILES string of the molecule is Cn1cc(-c2cnc3[nH]cc(C(=O)N[C@@H](C(=O)N4CC(C)(C#N)C4)C4CC4)c3n2)cn1. The number of nitrogens with zero attached hydrogens (tertiary/aromatic N) is 6. The number of aromatic nitrogens is 5. The van der Waals surface area contributed by atoms with Crippen LogP contribution in [0.5, 0.6) is 0 Å². The fourth-order valence-corrected chi connectivity index (χ4v) is 4.01. The first kappa shape index (κ1) is 19.2. The van der Waals surface area contributed by atoms with Crippen molar-refractivity contribution in [2.75, 3.05) is 13.1 Å². The van der Waals surface area contributed by atoms with E-state index in [1.54, 1.807) is 28.2 Å². The maximum atomic E-state index is 13.1. The molecule has 31 heavy (non-hydrogen) atoms. The summed E-state index contributed by atoms with van der Waals surface area (Å²) < 4.78 is 1.67. The minimum atomic E-state index is -0.588. The smallest absolute Gasteiger partial charge is 0.255 e. The summed E-state index contributed by atoms with van der Waals surface area (Å²) in [6, 6.07) is 1.66. The molecule has 0 unspecified atom stereocenters. The zero-order valence-corrected chi connectivity index (χ0v) is 17.3. The lowest BCUT2D eigenvalue weighted by molar-refractivity contribution is -0.142. The van der Waals surface area contributed by atoms with Crippen molar-refractivity contribution in [3.63, 3.8) is 0 Å². The summed E-state index contributed by atoms with van der Waals surface area (Å²) >= 11 is 0. The van der Waals surface area contributed by atoms with Gasteiger partial charge in [0.25, 0.3) is 5.91 Å². The van der Waals surface area contributed by atoms with E-state index in [1.165, 1.54) is 0 Å². The van der Waals surface area contributed by atoms with Crippen LogP contribution in [0.2, 0.25) is 0 Å². The Bertz CT molecular complexity index is 1230. The maximum absolute atomic E-state index is 13.1. The van der Waals surface area contributed by atoms with Gasteiger partial charge in [-0.15, -0.1) is 0 Å². The van der Waals surface area contributed by atoms with Gasteiger partial charge >= 0.3 is 0 Å². The van der Waals surface area contributed by atoms with Gasteiger partial charge in [0.05, 0.1) is 35.1 Å². The molecule has 1 saturated heterocycles. The first-order valence-corrected chi connectivity index (χ1v) is 10.2. The lowest BCUT2D eigenvalue weighted by atomic mass is 9.83. The van der Waals surface area contributed by atoms with Crippen LogP contribution >= 0.6 is 0 Å². The fourth-order valence-electron chi connectivity index (χ4n) is 4.01. The van der Waals surface area contributed by atoms with Crippen molar-refractivity contribution in [1.29, 1.82) is 5.26 Å². The first-order valence-electron chi connectivity index (χ1n) is 10.2. The van der Waals surface area contributed by atoms with Crippen molar-refractivity contribution < 1.29 is 9.59 Å². The van der Waals surface area contributed by atoms with Crippen molar-refractivity contribution >= 4 is 23.0 Å². The molecule has 1 atom stereocenters. The maximum Gasteiger partial charge on any atom is 0.255 e. The minimum absolute atomic E-state index is 0.120. The lowest BCUT2D eigenvalue weighted by Crippen LogP contribution is -2.61. The highest BCUT2D eigenvalue weighted by Gasteiger charge is 2.47. The Morgan fingerprint density at radius 1 is 1.35 bits per heavy atom. The van der Waals surface area contributed by atoms with E-state index in [0.717, 1.165) is 18.4 Å². The second-order valence-electron chi connectivity index (χ2n) is 8.71. The third-order valence-electron chi connectivity index (χ3n) is 5.93. The molecule has 10 heteroatoms. The minimum Gasteiger partial charge on any atom is -0.344 e. The number of H-pyrrole nitrogens is 1. The van der Waals surface area contributed by atoms with E-state index in [-0.39, 0.29) is 17.7 Å². The van der Waals surface area contributed by atoms with Crippen LogP contribution in [0, 0.1) is 22.7 Å². The standard InChI is InChI=1S/C21H22N8O2/c1-21(9-22)10-29(11-21)20(31)16(12-3-4-12)27-19(30)14-6-23-18-17(14)26-15(7-24-18)13-5-25-28(2)8-13/h5-8,12,16H,3-4,10-11H2,1-2H3,(H,23,24)(H,27,30)/t16-/m1/s1. The van der Waals surface area contributed by atoms with Gasteiger partial charge in [0.1, 0.15) is 11.6 Å². The molecule has 2 N–H and O–H groups in total. The monoisotopic (exact) mass is 418 g/mol. The van der Waals surface area contributed by atoms with Gasteiger partial charge in [0, 0.05) is 38.1 Å². The first-order chi connectivity index (χ1) is 14.9. The number of carbonyl (C=O) groups is 2. The number of hydrogen-bond acceptors (Lipinski definition) is 6. The van der Waals surface area contributed by atoms with Gasteiger partial charge in [-0.25, -0.2) is 9.97 Å². The van der Waals surface area contributed by atoms with Crippen LogP contribution in [-0.4, -0.2) is 60.6 Å². The van der Waals surface area contributed by atoms with E-state index >= 15 is 0 Å². The van der Waals surface area contributed by atoms with E-state index in [9.17, 15) is 14.9 Å². The van der Waals surface area contributed by atoms with Crippen LogP contribution < -0.4 is 5.32 Å². The Hall–Kier alpha value is -3.74. The number of likely N-dealkylation sites (tertiary alicyclic amines) is 1. The van der Waals surface area contributed by atoms with Gasteiger partial charge in [0.15, 0.2) is 5.65 Å². The van der Waals surface area contributed by atoms with E-state index in [1.807, 2.05) is 20.2 Å². The number of amides is 2. The van der Waals surface area contributed by atoms with Gasteiger partial charge in [-0.2, -0.15) is 10.4 Å². The normalized spacial score (nSPS) is 18.3. The molecule has 10 nitrogen and oxygen atoms in total. The molecular formula is C21H22N8O2. The number of carbonyl (C=O) groups excluding carboxylic acids is 2. The zero-order valence-electron chi connectivity index (χ0n) is 17.3. The van der Waals surface area contributed by atoms with Crippen LogP contribution in [0.3, 0.4) is 0 Å². The summed E-state index contributed by atoms with van der Waals surface area (Å²) in [4.78, 5) is 39.7. The Kier molecular flexibility index (Phi) is 4.28. The second-order valence-corrected chi connectivity index (χ2v) is 8.71. The summed E-state index contributed by atoms with van der Waals surface area (Å²) in [6.07, 6.45) is 8.51. The van der Waals surface area contributed by atoms with Gasteiger partial charge < -0.3 is 15.2 Å². The average Bonchev–Trinajstić information content (AvgIpc) is 3.34. The topological polar surface area (TPSA) is 133 Å². The zero-order chi connectivity index (χ0) is 21.8. The highest BCUT2D eigenvalue weighted by molar-refractivity contribution is 6.06. The largest absolute Gasteiger partial charge is 0.344 e. The molecule has 3 aromatic heterocycles. The Labute approximate surface area is 178 Å². The van der Waals surface area contributed by atoms with Gasteiger partial charge in [-0.3, -0.25) is 14.3 Å². The Morgan fingerprint density at radius 2 is 2.13 bits per heavy atom. The molecule has 158 valence electrons. The van der Waals surface area contributed by atoms with Crippen LogP contribution in [0.4, 0.5) is 0 Å². The van der Waals surface area contributed by atoms with Crippen molar-refractivity contribution in [2.24, 2.45) is 18.4 Å². The van der Waals surface area contributed by atoms with Crippen LogP contribution in [0.1, 0.15) is 30.1 Å². The molecule has 2 amide bonds. The van der Waals surface area contributed by atoms with Crippen molar-refractivity contribution in [2.45, 2.75) is 25.8 Å². The molecule has 1 saturated carbocycles. The summed E-state index contributed by atoms with van der Waals surface area (Å²) in [6.45, 7) is 2.63. The summed E-state index contributed by atoms with van der Waals surface area (Å²) in [7, 11) is 1.82. The molecule has 3 aromatic rings. The summed E-state index contributed by atoms with van der Waals surface area (Å²) in [5.74, 6) is -0.351. The van der Waals surface area contributed by atoms with Crippen molar-refractivity contribution in [3.8, 4) is 17.3 Å². The van der Waals surface area contributed by atoms with Crippen LogP contribution in [-0.2, 0) is 11.8 Å². The van der Waals surface area contributed by atoms with Gasteiger partial charge in [-0.1, -0.05) is 0 Å². The molecule has 5 rings (SSSR count). The summed E-state index contributed by atoms with van der Waals surface area (Å²) in [5, 5.41) is 16.3. The van der Waals surface area contributed by atoms with E-state index in [0.29, 0.717) is 35.5 Å². The second kappa shape index (κ2) is 6.91. The van der Waals surface area contributed by atoms with Crippen molar-refractivity contribution in [3.05, 3.63) is 30.4 Å². The van der Waals surface area contributed by atoms with Crippen LogP contribution in [0.25, 0.3) is 22.4 Å². The van der Waals surface area contributed by atoms with Gasteiger partial charge in [0.2, 0.25) is 5.91 Å². The highest BCUT2D eigenvalue weighted by Crippen LogP contribution is 2.36. The number of hydrogen-bond donors (Lipinski definition) is 2. The number of aromatic amines is 1. The molecular weight excluding hydrogens is 396 g/mol. The molecule has 0 spiro atoms. The van der Waals surface area contributed by atoms with E-state index in [4.69, 9.17) is 0 Å². The quantitative estimate of drug-likeness (QED) is 0.641. The number of aryl methyl sites for hydroxylation is 1. The average molecular weight is 418 g/mol. The number of nitrogens with one attached hydrogen (secondary N) is 2. The molecule has 4 heterocycles. The Morgan fingerprint density at radius 3 is 2.77 bits per heavy atom. The van der Waals surface area contributed by atoms with E-state index < -0.39 is 11.5 Å². The lowest BCUT2D eigenvalue weighted by Gasteiger charge is -2.44. The molecule has 0 bridgehead atoms. The predicted octanol–water partition coefficient (Wildman–Crippen LogP) is 1.24. The molecule has 0 radical (unpaired) electrons. The number of nitriles is 1. The molecule has 1 aliphatic carbocycles. The molecule has 0 aromatic carbocycles. The fraction of sp³-hybridized carbons (Fsp3) is 0.429. The third-order valence-corrected chi connectivity index (χ3v) is 5.93. The molecule has 1 aliphatic heterocycles. The van der Waals surface area contributed by atoms with Crippen molar-refractivity contribution in [1.82, 2.24) is 34.9 Å². The predicted molar refractivity (Wildman–Crippen MR) is 110 cm³/mol. The Balaban J connectivity index is 1.38. The molecule has 2 fully saturated rings. The molecule has 2 aliphatic rings. The van der Waals surface area contributed by atoms with Gasteiger partial charge in [-0.05, 0) is 25.7 Å². The van der Waals surface area contributed by atoms with Crippen LogP contribution in [0.15, 0.2) is 24.8 Å². The third kappa shape index (κ3) is 3.42. The summed E-state index contributed by atoms with van der Waals surface area (Å²) in [5.41, 5.74) is 2.20.